The van der Waals surface area contributed by atoms with Crippen LogP contribution in [0.2, 0.25) is 0 Å². The normalized spacial score (nSPS) is 11.0. The number of hydrogen-bond donors (Lipinski definition) is 0. The largest absolute Gasteiger partial charge is 0.468 e. The van der Waals surface area contributed by atoms with Crippen molar-refractivity contribution in [3.63, 3.8) is 0 Å². The monoisotopic (exact) mass is 267 g/mol. The van der Waals surface area contributed by atoms with Crippen LogP contribution in [0.1, 0.15) is 38.6 Å². The predicted octanol–water partition coefficient (Wildman–Crippen LogP) is 1.85. The fourth-order valence-electron chi connectivity index (χ4n) is 2.10. The molecule has 0 saturated heterocycles. The van der Waals surface area contributed by atoms with Crippen LogP contribution in [-0.2, 0) is 29.0 Å². The molecule has 19 heavy (non-hydrogen) atoms. The van der Waals surface area contributed by atoms with Crippen molar-refractivity contribution in [1.82, 2.24) is 14.7 Å². The summed E-state index contributed by atoms with van der Waals surface area (Å²) < 4.78 is 6.76. The van der Waals surface area contributed by atoms with Crippen LogP contribution in [0.4, 0.5) is 0 Å². The Hall–Kier alpha value is -1.36. The van der Waals surface area contributed by atoms with E-state index in [0.29, 0.717) is 6.54 Å². The highest BCUT2D eigenvalue weighted by Gasteiger charge is 2.14. The molecule has 0 unspecified atom stereocenters. The molecule has 0 aliphatic rings. The van der Waals surface area contributed by atoms with E-state index in [2.05, 4.69) is 36.8 Å². The predicted molar refractivity (Wildman–Crippen MR) is 74.9 cm³/mol. The van der Waals surface area contributed by atoms with E-state index in [1.807, 2.05) is 4.68 Å². The van der Waals surface area contributed by atoms with Crippen molar-refractivity contribution in [2.24, 2.45) is 0 Å². The van der Waals surface area contributed by atoms with Crippen molar-refractivity contribution in [1.29, 1.82) is 0 Å². The Kier molecular flexibility index (Phi) is 6.56. The van der Waals surface area contributed by atoms with Crippen molar-refractivity contribution in [2.45, 2.75) is 46.7 Å². The highest BCUT2D eigenvalue weighted by atomic mass is 16.5. The van der Waals surface area contributed by atoms with Crippen LogP contribution in [0, 0.1) is 0 Å². The third-order valence-electron chi connectivity index (χ3n) is 3.08. The maximum atomic E-state index is 11.4. The summed E-state index contributed by atoms with van der Waals surface area (Å²) in [5.74, 6) is -0.188. The zero-order valence-corrected chi connectivity index (χ0v) is 12.5. The summed E-state index contributed by atoms with van der Waals surface area (Å²) >= 11 is 0. The number of rotatable bonds is 8. The minimum atomic E-state index is -0.188. The van der Waals surface area contributed by atoms with Gasteiger partial charge in [0.25, 0.3) is 0 Å². The summed E-state index contributed by atoms with van der Waals surface area (Å²) in [6.07, 6.45) is 1.95. The molecule has 1 heterocycles. The number of aromatic nitrogens is 2. The molecule has 1 rings (SSSR count). The Labute approximate surface area is 115 Å². The summed E-state index contributed by atoms with van der Waals surface area (Å²) in [7, 11) is 1.43. The maximum Gasteiger partial charge on any atom is 0.319 e. The van der Waals surface area contributed by atoms with Gasteiger partial charge in [0.2, 0.25) is 0 Å². The van der Waals surface area contributed by atoms with E-state index in [0.717, 1.165) is 43.9 Å². The third kappa shape index (κ3) is 4.67. The Morgan fingerprint density at radius 3 is 2.68 bits per heavy atom. The van der Waals surface area contributed by atoms with E-state index in [9.17, 15) is 4.79 Å². The van der Waals surface area contributed by atoms with Gasteiger partial charge in [-0.3, -0.25) is 14.4 Å². The lowest BCUT2D eigenvalue weighted by Gasteiger charge is -2.20. The molecule has 0 amide bonds. The van der Waals surface area contributed by atoms with E-state index in [1.165, 1.54) is 7.11 Å². The highest BCUT2D eigenvalue weighted by Crippen LogP contribution is 2.09. The molecule has 0 fully saturated rings. The minimum Gasteiger partial charge on any atom is -0.468 e. The smallest absolute Gasteiger partial charge is 0.319 e. The highest BCUT2D eigenvalue weighted by molar-refractivity contribution is 5.71. The number of hydrogen-bond acceptors (Lipinski definition) is 4. The number of carbonyl (C=O) groups is 1. The van der Waals surface area contributed by atoms with Gasteiger partial charge in [-0.2, -0.15) is 5.10 Å². The van der Waals surface area contributed by atoms with E-state index in [-0.39, 0.29) is 5.97 Å². The first kappa shape index (κ1) is 15.7. The maximum absolute atomic E-state index is 11.4. The van der Waals surface area contributed by atoms with Crippen LogP contribution in [-0.4, -0.2) is 40.8 Å². The second-order valence-electron chi connectivity index (χ2n) is 4.58. The van der Waals surface area contributed by atoms with Crippen LogP contribution in [0.25, 0.3) is 0 Å². The van der Waals surface area contributed by atoms with Gasteiger partial charge in [0.15, 0.2) is 0 Å². The lowest BCUT2D eigenvalue weighted by molar-refractivity contribution is -0.142. The molecule has 0 aliphatic carbocycles. The molecule has 0 N–H and O–H groups in total. The standard InChI is InChI=1S/C14H25N3O2/c1-5-8-16(11-14(18)19-4)10-13-9-12(6-2)15-17(13)7-3/h9H,5-8,10-11H2,1-4H3. The summed E-state index contributed by atoms with van der Waals surface area (Å²) in [6, 6.07) is 2.13. The second kappa shape index (κ2) is 7.94. The minimum absolute atomic E-state index is 0.188. The van der Waals surface area contributed by atoms with Crippen molar-refractivity contribution >= 4 is 5.97 Å². The van der Waals surface area contributed by atoms with Gasteiger partial charge in [-0.05, 0) is 32.4 Å². The molecule has 0 saturated carbocycles. The van der Waals surface area contributed by atoms with Gasteiger partial charge in [-0.25, -0.2) is 0 Å². The number of nitrogens with zero attached hydrogens (tertiary/aromatic N) is 3. The zero-order chi connectivity index (χ0) is 14.3. The fraction of sp³-hybridized carbons (Fsp3) is 0.714. The van der Waals surface area contributed by atoms with Crippen molar-refractivity contribution < 1.29 is 9.53 Å². The van der Waals surface area contributed by atoms with Gasteiger partial charge in [0.1, 0.15) is 0 Å². The van der Waals surface area contributed by atoms with Crippen LogP contribution in [0.15, 0.2) is 6.07 Å². The van der Waals surface area contributed by atoms with Gasteiger partial charge < -0.3 is 4.74 Å². The molecular formula is C14H25N3O2. The van der Waals surface area contributed by atoms with Gasteiger partial charge in [-0.15, -0.1) is 0 Å². The lowest BCUT2D eigenvalue weighted by Crippen LogP contribution is -2.31. The third-order valence-corrected chi connectivity index (χ3v) is 3.08. The van der Waals surface area contributed by atoms with Gasteiger partial charge in [0, 0.05) is 13.1 Å². The molecule has 1 aromatic heterocycles. The van der Waals surface area contributed by atoms with E-state index < -0.39 is 0 Å². The van der Waals surface area contributed by atoms with Crippen molar-refractivity contribution in [3.05, 3.63) is 17.5 Å². The van der Waals surface area contributed by atoms with Crippen molar-refractivity contribution in [3.8, 4) is 0 Å². The van der Waals surface area contributed by atoms with Gasteiger partial charge in [-0.1, -0.05) is 13.8 Å². The molecule has 5 nitrogen and oxygen atoms in total. The van der Waals surface area contributed by atoms with E-state index >= 15 is 0 Å². The first-order valence-electron chi connectivity index (χ1n) is 6.99. The number of carbonyl (C=O) groups excluding carboxylic acids is 1. The first-order chi connectivity index (χ1) is 9.14. The average molecular weight is 267 g/mol. The lowest BCUT2D eigenvalue weighted by atomic mass is 10.3. The summed E-state index contributed by atoms with van der Waals surface area (Å²) in [5, 5.41) is 4.53. The summed E-state index contributed by atoms with van der Waals surface area (Å²) in [6.45, 7) is 9.10. The number of ether oxygens (including phenoxy) is 1. The van der Waals surface area contributed by atoms with E-state index in [1.54, 1.807) is 0 Å². The van der Waals surface area contributed by atoms with Crippen molar-refractivity contribution in [2.75, 3.05) is 20.2 Å². The molecule has 0 bridgehead atoms. The molecule has 0 radical (unpaired) electrons. The van der Waals surface area contributed by atoms with Gasteiger partial charge in [0.05, 0.1) is 25.0 Å². The number of aryl methyl sites for hydroxylation is 2. The molecule has 5 heteroatoms. The molecule has 0 aliphatic heterocycles. The molecule has 0 spiro atoms. The van der Waals surface area contributed by atoms with Crippen LogP contribution >= 0.6 is 0 Å². The quantitative estimate of drug-likeness (QED) is 0.674. The van der Waals surface area contributed by atoms with Crippen LogP contribution in [0.3, 0.4) is 0 Å². The first-order valence-corrected chi connectivity index (χ1v) is 6.99. The SMILES string of the molecule is CCCN(CC(=O)OC)Cc1cc(CC)nn1CC. The molecule has 108 valence electrons. The summed E-state index contributed by atoms with van der Waals surface area (Å²) in [4.78, 5) is 13.5. The number of methoxy groups -OCH3 is 1. The zero-order valence-electron chi connectivity index (χ0n) is 12.5. The number of esters is 1. The van der Waals surface area contributed by atoms with Crippen LogP contribution in [0.5, 0.6) is 0 Å². The second-order valence-corrected chi connectivity index (χ2v) is 4.58. The van der Waals surface area contributed by atoms with Crippen LogP contribution < -0.4 is 0 Å². The Balaban J connectivity index is 2.77. The summed E-state index contributed by atoms with van der Waals surface area (Å²) in [5.41, 5.74) is 2.27. The van der Waals surface area contributed by atoms with Gasteiger partial charge >= 0.3 is 5.97 Å². The topological polar surface area (TPSA) is 47.4 Å². The molecular weight excluding hydrogens is 242 g/mol. The molecule has 0 aromatic carbocycles. The average Bonchev–Trinajstić information content (AvgIpc) is 2.81. The Morgan fingerprint density at radius 1 is 1.42 bits per heavy atom. The molecule has 0 atom stereocenters. The van der Waals surface area contributed by atoms with E-state index in [4.69, 9.17) is 4.74 Å². The fourth-order valence-corrected chi connectivity index (χ4v) is 2.10. The Bertz CT molecular complexity index is 401. The molecule has 1 aromatic rings. The Morgan fingerprint density at radius 2 is 2.16 bits per heavy atom.